The maximum absolute atomic E-state index is 11.1. The zero-order chi connectivity index (χ0) is 19.1. The van der Waals surface area contributed by atoms with Crippen LogP contribution in [0.3, 0.4) is 0 Å². The maximum Gasteiger partial charge on any atom is 0.162 e. The Morgan fingerprint density at radius 2 is 1.71 bits per heavy atom. The van der Waals surface area contributed by atoms with Crippen LogP contribution in [0.5, 0.6) is 0 Å². The molecule has 28 heavy (non-hydrogen) atoms. The zero-order valence-electron chi connectivity index (χ0n) is 15.5. The fourth-order valence-corrected chi connectivity index (χ4v) is 3.99. The number of fused-ring (bicyclic) bond motifs is 2. The van der Waals surface area contributed by atoms with Crippen LogP contribution in [0, 0.1) is 0 Å². The lowest BCUT2D eigenvalue weighted by Crippen LogP contribution is -2.34. The van der Waals surface area contributed by atoms with Gasteiger partial charge < -0.3 is 10.4 Å². The van der Waals surface area contributed by atoms with E-state index in [0.717, 1.165) is 33.4 Å². The number of aromatic nitrogens is 3. The topological polar surface area (TPSA) is 70.9 Å². The first-order valence-electron chi connectivity index (χ1n) is 9.36. The van der Waals surface area contributed by atoms with Crippen LogP contribution in [-0.2, 0) is 6.42 Å². The SMILES string of the molecule is C[C@@]1(O)Cc2ccccc2[C@@H]1Nc1nc(-c2ccncc2)nc2ccccc12. The molecule has 0 bridgehead atoms. The van der Waals surface area contributed by atoms with E-state index >= 15 is 0 Å². The van der Waals surface area contributed by atoms with E-state index in [1.807, 2.05) is 55.5 Å². The minimum atomic E-state index is -0.896. The number of hydrogen-bond donors (Lipinski definition) is 2. The molecule has 1 aliphatic rings. The van der Waals surface area contributed by atoms with Gasteiger partial charge in [0.15, 0.2) is 5.82 Å². The van der Waals surface area contributed by atoms with Crippen molar-refractivity contribution < 1.29 is 5.11 Å². The van der Waals surface area contributed by atoms with Gasteiger partial charge in [-0.3, -0.25) is 4.98 Å². The van der Waals surface area contributed by atoms with Gasteiger partial charge in [-0.2, -0.15) is 0 Å². The van der Waals surface area contributed by atoms with Gasteiger partial charge >= 0.3 is 0 Å². The average Bonchev–Trinajstić information content (AvgIpc) is 2.98. The number of benzene rings is 2. The molecule has 138 valence electrons. The first-order valence-corrected chi connectivity index (χ1v) is 9.36. The van der Waals surface area contributed by atoms with Crippen molar-refractivity contribution in [3.05, 3.63) is 84.2 Å². The van der Waals surface area contributed by atoms with Gasteiger partial charge in [0.1, 0.15) is 5.82 Å². The van der Waals surface area contributed by atoms with E-state index in [-0.39, 0.29) is 6.04 Å². The van der Waals surface area contributed by atoms with Gasteiger partial charge in [-0.05, 0) is 42.3 Å². The molecule has 0 radical (unpaired) electrons. The molecule has 5 rings (SSSR count). The van der Waals surface area contributed by atoms with Gasteiger partial charge in [0.25, 0.3) is 0 Å². The van der Waals surface area contributed by atoms with Crippen LogP contribution in [0.25, 0.3) is 22.3 Å². The summed E-state index contributed by atoms with van der Waals surface area (Å²) in [5.41, 5.74) is 3.14. The van der Waals surface area contributed by atoms with Gasteiger partial charge in [0.05, 0.1) is 17.2 Å². The molecule has 2 heterocycles. The van der Waals surface area contributed by atoms with E-state index < -0.39 is 5.60 Å². The summed E-state index contributed by atoms with van der Waals surface area (Å²) in [7, 11) is 0. The molecule has 2 N–H and O–H groups in total. The summed E-state index contributed by atoms with van der Waals surface area (Å²) in [5, 5.41) is 15.5. The van der Waals surface area contributed by atoms with Crippen LogP contribution in [0.1, 0.15) is 24.1 Å². The van der Waals surface area contributed by atoms with Crippen molar-refractivity contribution in [2.24, 2.45) is 0 Å². The van der Waals surface area contributed by atoms with Crippen LogP contribution in [0.2, 0.25) is 0 Å². The van der Waals surface area contributed by atoms with Crippen molar-refractivity contribution in [2.45, 2.75) is 25.0 Å². The Bertz CT molecular complexity index is 1160. The first kappa shape index (κ1) is 16.8. The third kappa shape index (κ3) is 2.80. The molecule has 2 aromatic carbocycles. The number of anilines is 1. The monoisotopic (exact) mass is 368 g/mol. The molecule has 0 amide bonds. The Morgan fingerprint density at radius 1 is 0.964 bits per heavy atom. The fraction of sp³-hybridized carbons (Fsp3) is 0.174. The van der Waals surface area contributed by atoms with Crippen molar-refractivity contribution in [1.29, 1.82) is 0 Å². The normalized spacial score (nSPS) is 20.9. The minimum absolute atomic E-state index is 0.243. The summed E-state index contributed by atoms with van der Waals surface area (Å²) >= 11 is 0. The maximum atomic E-state index is 11.1. The van der Waals surface area contributed by atoms with Gasteiger partial charge in [-0.25, -0.2) is 9.97 Å². The molecular weight excluding hydrogens is 348 g/mol. The minimum Gasteiger partial charge on any atom is -0.387 e. The summed E-state index contributed by atoms with van der Waals surface area (Å²) in [6.45, 7) is 1.87. The molecule has 5 nitrogen and oxygen atoms in total. The van der Waals surface area contributed by atoms with Crippen molar-refractivity contribution >= 4 is 16.7 Å². The van der Waals surface area contributed by atoms with Gasteiger partial charge in [-0.1, -0.05) is 36.4 Å². The molecule has 1 aliphatic carbocycles. The predicted molar refractivity (Wildman–Crippen MR) is 110 cm³/mol. The summed E-state index contributed by atoms with van der Waals surface area (Å²) in [5.74, 6) is 1.36. The number of nitrogens with one attached hydrogen (secondary N) is 1. The van der Waals surface area contributed by atoms with Crippen LogP contribution >= 0.6 is 0 Å². The Labute approximate surface area is 163 Å². The highest BCUT2D eigenvalue weighted by Crippen LogP contribution is 2.41. The predicted octanol–water partition coefficient (Wildman–Crippen LogP) is 4.15. The van der Waals surface area contributed by atoms with Crippen LogP contribution in [0.15, 0.2) is 73.1 Å². The van der Waals surface area contributed by atoms with E-state index in [4.69, 9.17) is 9.97 Å². The van der Waals surface area contributed by atoms with Crippen molar-refractivity contribution in [1.82, 2.24) is 15.0 Å². The van der Waals surface area contributed by atoms with E-state index in [0.29, 0.717) is 12.2 Å². The molecule has 5 heteroatoms. The Kier molecular flexibility index (Phi) is 3.84. The molecule has 4 aromatic rings. The van der Waals surface area contributed by atoms with Crippen molar-refractivity contribution in [3.63, 3.8) is 0 Å². The first-order chi connectivity index (χ1) is 13.6. The lowest BCUT2D eigenvalue weighted by Gasteiger charge is -2.28. The smallest absolute Gasteiger partial charge is 0.162 e. The molecule has 0 saturated carbocycles. The van der Waals surface area contributed by atoms with E-state index in [9.17, 15) is 5.11 Å². The number of nitrogens with zero attached hydrogens (tertiary/aromatic N) is 3. The second-order valence-electron chi connectivity index (χ2n) is 7.46. The molecule has 2 aromatic heterocycles. The Morgan fingerprint density at radius 3 is 2.57 bits per heavy atom. The molecule has 0 aliphatic heterocycles. The van der Waals surface area contributed by atoms with Crippen LogP contribution in [0.4, 0.5) is 5.82 Å². The van der Waals surface area contributed by atoms with Crippen LogP contribution < -0.4 is 5.32 Å². The average molecular weight is 368 g/mol. The molecular formula is C23H20N4O. The van der Waals surface area contributed by atoms with Gasteiger partial charge in [-0.15, -0.1) is 0 Å². The Balaban J connectivity index is 1.65. The fourth-order valence-electron chi connectivity index (χ4n) is 3.99. The lowest BCUT2D eigenvalue weighted by atomic mass is 9.97. The number of para-hydroxylation sites is 1. The number of hydrogen-bond acceptors (Lipinski definition) is 5. The van der Waals surface area contributed by atoms with Crippen molar-refractivity contribution in [2.75, 3.05) is 5.32 Å². The number of pyridine rings is 1. The highest BCUT2D eigenvalue weighted by atomic mass is 16.3. The molecule has 2 atom stereocenters. The van der Waals surface area contributed by atoms with E-state index in [1.165, 1.54) is 0 Å². The molecule has 0 saturated heterocycles. The second-order valence-corrected chi connectivity index (χ2v) is 7.46. The summed E-state index contributed by atoms with van der Waals surface area (Å²) in [4.78, 5) is 13.6. The van der Waals surface area contributed by atoms with Gasteiger partial charge in [0, 0.05) is 29.8 Å². The summed E-state index contributed by atoms with van der Waals surface area (Å²) in [6.07, 6.45) is 4.08. The van der Waals surface area contributed by atoms with Gasteiger partial charge in [0.2, 0.25) is 0 Å². The summed E-state index contributed by atoms with van der Waals surface area (Å²) in [6, 6.07) is 19.6. The largest absolute Gasteiger partial charge is 0.387 e. The molecule has 0 fully saturated rings. The highest BCUT2D eigenvalue weighted by molar-refractivity contribution is 5.90. The lowest BCUT2D eigenvalue weighted by molar-refractivity contribution is 0.0515. The quantitative estimate of drug-likeness (QED) is 0.568. The van der Waals surface area contributed by atoms with E-state index in [1.54, 1.807) is 12.4 Å². The third-order valence-corrected chi connectivity index (χ3v) is 5.36. The molecule has 0 spiro atoms. The van der Waals surface area contributed by atoms with E-state index in [2.05, 4.69) is 22.4 Å². The van der Waals surface area contributed by atoms with Crippen molar-refractivity contribution in [3.8, 4) is 11.4 Å². The Hall–Kier alpha value is -3.31. The summed E-state index contributed by atoms with van der Waals surface area (Å²) < 4.78 is 0. The third-order valence-electron chi connectivity index (χ3n) is 5.36. The van der Waals surface area contributed by atoms with Crippen LogP contribution in [-0.4, -0.2) is 25.7 Å². The zero-order valence-corrected chi connectivity index (χ0v) is 15.5. The molecule has 0 unspecified atom stereocenters. The highest BCUT2D eigenvalue weighted by Gasteiger charge is 2.41. The second kappa shape index (κ2) is 6.39. The number of aliphatic hydroxyl groups is 1. The standard InChI is InChI=1S/C23H20N4O/c1-23(28)14-16-6-2-3-7-17(16)20(23)26-22-18-8-4-5-9-19(18)25-21(27-22)15-10-12-24-13-11-15/h2-13,20,28H,14H2,1H3,(H,25,26,27)/t20-,23+/m0/s1. The number of rotatable bonds is 3.